The summed E-state index contributed by atoms with van der Waals surface area (Å²) in [6, 6.07) is 7.50. The maximum absolute atomic E-state index is 12.4. The van der Waals surface area contributed by atoms with Gasteiger partial charge in [-0.3, -0.25) is 24.3 Å². The molecule has 0 saturated heterocycles. The van der Waals surface area contributed by atoms with Crippen LogP contribution >= 0.6 is 0 Å². The van der Waals surface area contributed by atoms with E-state index in [0.29, 0.717) is 18.0 Å². The van der Waals surface area contributed by atoms with Crippen LogP contribution in [-0.4, -0.2) is 43.7 Å². The van der Waals surface area contributed by atoms with Crippen LogP contribution in [0.2, 0.25) is 0 Å². The van der Waals surface area contributed by atoms with Gasteiger partial charge in [0, 0.05) is 18.5 Å². The van der Waals surface area contributed by atoms with Crippen molar-refractivity contribution < 1.29 is 19.4 Å². The second kappa shape index (κ2) is 7.24. The van der Waals surface area contributed by atoms with Gasteiger partial charge in [0.15, 0.2) is 0 Å². The molecule has 148 valence electrons. The topological polar surface area (TPSA) is 141 Å². The van der Waals surface area contributed by atoms with Crippen molar-refractivity contribution in [3.8, 4) is 11.4 Å². The highest BCUT2D eigenvalue weighted by Crippen LogP contribution is 2.23. The Morgan fingerprint density at radius 2 is 1.93 bits per heavy atom. The predicted molar refractivity (Wildman–Crippen MR) is 102 cm³/mol. The molecule has 0 aliphatic carbocycles. The van der Waals surface area contributed by atoms with E-state index in [2.05, 4.69) is 10.3 Å². The van der Waals surface area contributed by atoms with Crippen molar-refractivity contribution in [1.29, 1.82) is 0 Å². The first-order valence-corrected chi connectivity index (χ1v) is 8.72. The molecule has 0 fully saturated rings. The number of aliphatic hydroxyl groups is 1. The van der Waals surface area contributed by atoms with Gasteiger partial charge in [0.05, 0.1) is 29.7 Å². The molecule has 4 N–H and O–H groups in total. The molecule has 2 aromatic heterocycles. The quantitative estimate of drug-likeness (QED) is 0.496. The van der Waals surface area contributed by atoms with Gasteiger partial charge in [-0.15, -0.1) is 0 Å². The van der Waals surface area contributed by atoms with Crippen LogP contribution in [-0.2, 0) is 6.54 Å². The maximum Gasteiger partial charge on any atom is 0.262 e. The van der Waals surface area contributed by atoms with Gasteiger partial charge in [0.1, 0.15) is 24.3 Å². The highest BCUT2D eigenvalue weighted by molar-refractivity contribution is 6.23. The van der Waals surface area contributed by atoms with Crippen molar-refractivity contribution >= 4 is 17.6 Å². The third kappa shape index (κ3) is 3.48. The molecule has 0 spiro atoms. The predicted octanol–water partition coefficient (Wildman–Crippen LogP) is -0.0603. The molecule has 29 heavy (non-hydrogen) atoms. The number of rotatable bonds is 6. The first-order valence-electron chi connectivity index (χ1n) is 8.72. The number of anilines is 1. The average Bonchev–Trinajstić information content (AvgIpc) is 3.29. The minimum absolute atomic E-state index is 0.0162. The van der Waals surface area contributed by atoms with Gasteiger partial charge in [0.2, 0.25) is 0 Å². The number of aliphatic hydroxyl groups excluding tert-OH is 1. The molecule has 1 aromatic carbocycles. The third-order valence-corrected chi connectivity index (χ3v) is 4.47. The fourth-order valence-corrected chi connectivity index (χ4v) is 3.12. The molecule has 1 unspecified atom stereocenters. The van der Waals surface area contributed by atoms with Crippen molar-refractivity contribution in [2.24, 2.45) is 0 Å². The fourth-order valence-electron chi connectivity index (χ4n) is 3.12. The largest absolute Gasteiger partial charge is 0.491 e. The van der Waals surface area contributed by atoms with Gasteiger partial charge in [-0.25, -0.2) is 4.98 Å². The van der Waals surface area contributed by atoms with Crippen LogP contribution in [0.1, 0.15) is 20.7 Å². The van der Waals surface area contributed by atoms with Crippen LogP contribution in [0, 0.1) is 0 Å². The minimum atomic E-state index is -0.727. The minimum Gasteiger partial charge on any atom is -0.491 e. The summed E-state index contributed by atoms with van der Waals surface area (Å²) in [4.78, 5) is 40.0. The van der Waals surface area contributed by atoms with Crippen molar-refractivity contribution in [3.63, 3.8) is 0 Å². The number of carbonyl (C=O) groups excluding carboxylic acids is 2. The normalized spacial score (nSPS) is 13.8. The molecule has 3 aromatic rings. The molecule has 10 heteroatoms. The molecule has 0 radical (unpaired) electrons. The van der Waals surface area contributed by atoms with E-state index >= 15 is 0 Å². The fraction of sp³-hybridized carbons (Fsp3) is 0.158. The first kappa shape index (κ1) is 18.4. The molecule has 1 aliphatic heterocycles. The first-order chi connectivity index (χ1) is 13.9. The smallest absolute Gasteiger partial charge is 0.262 e. The van der Waals surface area contributed by atoms with Crippen LogP contribution in [0.3, 0.4) is 0 Å². The van der Waals surface area contributed by atoms with Crippen molar-refractivity contribution in [2.45, 2.75) is 12.6 Å². The Balaban J connectivity index is 1.51. The molecular weight excluding hydrogens is 378 g/mol. The molecule has 1 aliphatic rings. The number of hydrogen-bond donors (Lipinski definition) is 3. The number of pyridine rings is 1. The lowest BCUT2D eigenvalue weighted by molar-refractivity contribution is 0.0879. The molecule has 3 heterocycles. The van der Waals surface area contributed by atoms with Crippen LogP contribution in [0.5, 0.6) is 5.75 Å². The number of aromatic nitrogens is 3. The standard InChI is InChI=1S/C19H17N5O5/c20-17-16-14(18(27)22-19(16)28)7-15(26)24(17)11-1-3-13(4-2-11)29-9-12(25)8-23-6-5-21-10-23/h1-7,10,12,25H,8-9,20H2,(H,22,27,28). The number of imide groups is 1. The zero-order valence-corrected chi connectivity index (χ0v) is 15.1. The molecule has 1 atom stereocenters. The van der Waals surface area contributed by atoms with Crippen LogP contribution in [0.15, 0.2) is 53.8 Å². The van der Waals surface area contributed by atoms with Gasteiger partial charge < -0.3 is 20.1 Å². The Labute approximate surface area is 164 Å². The van der Waals surface area contributed by atoms with Gasteiger partial charge in [-0.05, 0) is 24.3 Å². The van der Waals surface area contributed by atoms with Gasteiger partial charge >= 0.3 is 0 Å². The summed E-state index contributed by atoms with van der Waals surface area (Å²) in [5.41, 5.74) is 5.83. The number of benzene rings is 1. The highest BCUT2D eigenvalue weighted by Gasteiger charge is 2.31. The zero-order valence-electron chi connectivity index (χ0n) is 15.1. The molecule has 0 bridgehead atoms. The number of imidazole rings is 1. The van der Waals surface area contributed by atoms with Gasteiger partial charge in [-0.1, -0.05) is 0 Å². The third-order valence-electron chi connectivity index (χ3n) is 4.47. The Bertz CT molecular complexity index is 1140. The van der Waals surface area contributed by atoms with E-state index in [1.54, 1.807) is 47.6 Å². The highest BCUT2D eigenvalue weighted by atomic mass is 16.5. The van der Waals surface area contributed by atoms with Crippen LogP contribution < -0.4 is 21.3 Å². The summed E-state index contributed by atoms with van der Waals surface area (Å²) >= 11 is 0. The molecule has 2 amide bonds. The molecular formula is C19H17N5O5. The summed E-state index contributed by atoms with van der Waals surface area (Å²) in [5, 5.41) is 12.1. The number of fused-ring (bicyclic) bond motifs is 1. The summed E-state index contributed by atoms with van der Waals surface area (Å²) in [5.74, 6) is -0.901. The van der Waals surface area contributed by atoms with Gasteiger partial charge in [0.25, 0.3) is 17.4 Å². The summed E-state index contributed by atoms with van der Waals surface area (Å²) in [7, 11) is 0. The lowest BCUT2D eigenvalue weighted by Gasteiger charge is -2.14. The second-order valence-electron chi connectivity index (χ2n) is 6.49. The van der Waals surface area contributed by atoms with E-state index in [9.17, 15) is 19.5 Å². The number of nitrogens with two attached hydrogens (primary N) is 1. The van der Waals surface area contributed by atoms with E-state index in [4.69, 9.17) is 10.5 Å². The Morgan fingerprint density at radius 1 is 1.17 bits per heavy atom. The maximum atomic E-state index is 12.4. The van der Waals surface area contributed by atoms with Crippen molar-refractivity contribution in [1.82, 2.24) is 19.4 Å². The number of amides is 2. The number of carbonyl (C=O) groups is 2. The number of nitrogen functional groups attached to an aromatic ring is 1. The Morgan fingerprint density at radius 3 is 2.62 bits per heavy atom. The van der Waals surface area contributed by atoms with Crippen LogP contribution in [0.25, 0.3) is 5.69 Å². The summed E-state index contributed by atoms with van der Waals surface area (Å²) < 4.78 is 8.45. The number of hydrogen-bond acceptors (Lipinski definition) is 7. The van der Waals surface area contributed by atoms with Crippen LogP contribution in [0.4, 0.5) is 5.82 Å². The van der Waals surface area contributed by atoms with E-state index < -0.39 is 23.5 Å². The van der Waals surface area contributed by atoms with E-state index in [0.717, 1.165) is 10.6 Å². The second-order valence-corrected chi connectivity index (χ2v) is 6.49. The van der Waals surface area contributed by atoms with Gasteiger partial charge in [-0.2, -0.15) is 0 Å². The van der Waals surface area contributed by atoms with Crippen molar-refractivity contribution in [2.75, 3.05) is 12.3 Å². The zero-order chi connectivity index (χ0) is 20.5. The number of ether oxygens (including phenoxy) is 1. The lowest BCUT2D eigenvalue weighted by atomic mass is 10.1. The Kier molecular flexibility index (Phi) is 4.61. The number of nitrogens with one attached hydrogen (secondary N) is 1. The van der Waals surface area contributed by atoms with Crippen molar-refractivity contribution in [3.05, 3.63) is 70.5 Å². The van der Waals surface area contributed by atoms with E-state index in [1.165, 1.54) is 0 Å². The van der Waals surface area contributed by atoms with E-state index in [-0.39, 0.29) is 23.6 Å². The molecule has 10 nitrogen and oxygen atoms in total. The SMILES string of the molecule is Nc1c2c(cc(=O)n1-c1ccc(OCC(O)Cn3ccnc3)cc1)C(=O)NC2=O. The number of nitrogens with zero attached hydrogens (tertiary/aromatic N) is 3. The summed E-state index contributed by atoms with van der Waals surface area (Å²) in [6.07, 6.45) is 4.24. The Hall–Kier alpha value is -3.92. The summed E-state index contributed by atoms with van der Waals surface area (Å²) in [6.45, 7) is 0.417. The van der Waals surface area contributed by atoms with E-state index in [1.807, 2.05) is 0 Å². The average molecular weight is 395 g/mol. The molecule has 0 saturated carbocycles. The lowest BCUT2D eigenvalue weighted by Crippen LogP contribution is -2.24. The monoisotopic (exact) mass is 395 g/mol. The molecule has 4 rings (SSSR count).